The molecule has 5 heteroatoms. The number of amides is 1. The van der Waals surface area contributed by atoms with Gasteiger partial charge in [-0.3, -0.25) is 4.79 Å². The maximum atomic E-state index is 12.4. The molecule has 0 saturated heterocycles. The number of para-hydroxylation sites is 1. The highest BCUT2D eigenvalue weighted by Gasteiger charge is 2.13. The molecule has 1 aromatic carbocycles. The minimum atomic E-state index is -0.0615. The van der Waals surface area contributed by atoms with Crippen molar-refractivity contribution in [1.29, 1.82) is 0 Å². The Balaban J connectivity index is 1.80. The highest BCUT2D eigenvalue weighted by Crippen LogP contribution is 2.25. The summed E-state index contributed by atoms with van der Waals surface area (Å²) in [5.41, 5.74) is 2.84. The quantitative estimate of drug-likeness (QED) is 0.777. The third-order valence-electron chi connectivity index (χ3n) is 3.96. The van der Waals surface area contributed by atoms with Crippen LogP contribution < -0.4 is 10.1 Å². The zero-order valence-electron chi connectivity index (χ0n) is 14.1. The summed E-state index contributed by atoms with van der Waals surface area (Å²) in [6, 6.07) is 12.0. The fourth-order valence-electron chi connectivity index (χ4n) is 2.80. The SMILES string of the molecule is COc1ccc(NC(=O)Cc2cn(C(C)C)c3ccccc23)cn1. The third-order valence-corrected chi connectivity index (χ3v) is 3.96. The van der Waals surface area contributed by atoms with Crippen LogP contribution in [0.1, 0.15) is 25.5 Å². The number of pyridine rings is 1. The molecule has 124 valence electrons. The Bertz CT molecular complexity index is 851. The van der Waals surface area contributed by atoms with Crippen LogP contribution in [0.2, 0.25) is 0 Å². The summed E-state index contributed by atoms with van der Waals surface area (Å²) >= 11 is 0. The van der Waals surface area contributed by atoms with Crippen LogP contribution in [0.15, 0.2) is 48.8 Å². The molecule has 3 aromatic rings. The summed E-state index contributed by atoms with van der Waals surface area (Å²) < 4.78 is 7.22. The van der Waals surface area contributed by atoms with E-state index in [1.165, 1.54) is 0 Å². The molecule has 0 bridgehead atoms. The summed E-state index contributed by atoms with van der Waals surface area (Å²) in [7, 11) is 1.56. The van der Waals surface area contributed by atoms with Gasteiger partial charge in [0.1, 0.15) is 0 Å². The van der Waals surface area contributed by atoms with Crippen LogP contribution in [0, 0.1) is 0 Å². The first kappa shape index (κ1) is 16.1. The smallest absolute Gasteiger partial charge is 0.228 e. The first-order valence-electron chi connectivity index (χ1n) is 7.97. The Hall–Kier alpha value is -2.82. The zero-order valence-corrected chi connectivity index (χ0v) is 14.1. The number of hydrogen-bond acceptors (Lipinski definition) is 3. The van der Waals surface area contributed by atoms with Crippen LogP contribution in [0.5, 0.6) is 5.88 Å². The van der Waals surface area contributed by atoms with Crippen molar-refractivity contribution in [2.75, 3.05) is 12.4 Å². The van der Waals surface area contributed by atoms with Gasteiger partial charge in [0, 0.05) is 29.2 Å². The van der Waals surface area contributed by atoms with E-state index >= 15 is 0 Å². The van der Waals surface area contributed by atoms with Gasteiger partial charge in [-0.25, -0.2) is 4.98 Å². The summed E-state index contributed by atoms with van der Waals surface area (Å²) in [6.45, 7) is 4.28. The monoisotopic (exact) mass is 323 g/mol. The lowest BCUT2D eigenvalue weighted by Gasteiger charge is -2.08. The fourth-order valence-corrected chi connectivity index (χ4v) is 2.80. The molecular weight excluding hydrogens is 302 g/mol. The van der Waals surface area contributed by atoms with Crippen LogP contribution in [-0.2, 0) is 11.2 Å². The molecule has 2 aromatic heterocycles. The molecule has 0 unspecified atom stereocenters. The predicted molar refractivity (Wildman–Crippen MR) is 95.4 cm³/mol. The van der Waals surface area contributed by atoms with Gasteiger partial charge in [0.2, 0.25) is 11.8 Å². The Labute approximate surface area is 141 Å². The highest BCUT2D eigenvalue weighted by atomic mass is 16.5. The predicted octanol–water partition coefficient (Wildman–Crippen LogP) is 3.81. The summed E-state index contributed by atoms with van der Waals surface area (Å²) in [5.74, 6) is 0.460. The summed E-state index contributed by atoms with van der Waals surface area (Å²) in [4.78, 5) is 16.5. The molecule has 24 heavy (non-hydrogen) atoms. The van der Waals surface area contributed by atoms with Gasteiger partial charge in [-0.05, 0) is 31.5 Å². The molecule has 1 amide bonds. The average Bonchev–Trinajstić information content (AvgIpc) is 2.94. The van der Waals surface area contributed by atoms with E-state index in [1.54, 1.807) is 25.4 Å². The van der Waals surface area contributed by atoms with Crippen molar-refractivity contribution in [3.8, 4) is 5.88 Å². The number of carbonyl (C=O) groups is 1. The first-order chi connectivity index (χ1) is 11.6. The molecule has 2 heterocycles. The second kappa shape index (κ2) is 6.74. The van der Waals surface area contributed by atoms with Crippen molar-refractivity contribution >= 4 is 22.5 Å². The number of benzene rings is 1. The van der Waals surface area contributed by atoms with Crippen molar-refractivity contribution in [2.24, 2.45) is 0 Å². The third kappa shape index (κ3) is 3.25. The number of aromatic nitrogens is 2. The van der Waals surface area contributed by atoms with Crippen molar-refractivity contribution in [3.05, 3.63) is 54.4 Å². The number of nitrogens with zero attached hydrogens (tertiary/aromatic N) is 2. The lowest BCUT2D eigenvalue weighted by molar-refractivity contribution is -0.115. The maximum Gasteiger partial charge on any atom is 0.228 e. The molecule has 0 spiro atoms. The van der Waals surface area contributed by atoms with Gasteiger partial charge < -0.3 is 14.6 Å². The van der Waals surface area contributed by atoms with Gasteiger partial charge >= 0.3 is 0 Å². The van der Waals surface area contributed by atoms with Crippen LogP contribution in [0.3, 0.4) is 0 Å². The number of carbonyl (C=O) groups excluding carboxylic acids is 1. The number of anilines is 1. The molecule has 0 aliphatic carbocycles. The molecular formula is C19H21N3O2. The summed E-state index contributed by atoms with van der Waals surface area (Å²) in [6.07, 6.45) is 3.99. The van der Waals surface area contributed by atoms with Crippen LogP contribution >= 0.6 is 0 Å². The molecule has 5 nitrogen and oxygen atoms in total. The van der Waals surface area contributed by atoms with Crippen molar-refractivity contribution in [1.82, 2.24) is 9.55 Å². The Kier molecular flexibility index (Phi) is 4.51. The molecule has 0 radical (unpaired) electrons. The van der Waals surface area contributed by atoms with Crippen LogP contribution in [-0.4, -0.2) is 22.6 Å². The Morgan fingerprint density at radius 1 is 1.25 bits per heavy atom. The zero-order chi connectivity index (χ0) is 17.1. The van der Waals surface area contributed by atoms with E-state index < -0.39 is 0 Å². The Morgan fingerprint density at radius 3 is 2.71 bits per heavy atom. The van der Waals surface area contributed by atoms with E-state index in [1.807, 2.05) is 12.1 Å². The van der Waals surface area contributed by atoms with Crippen molar-refractivity contribution in [3.63, 3.8) is 0 Å². The maximum absolute atomic E-state index is 12.4. The van der Waals surface area contributed by atoms with Gasteiger partial charge in [0.15, 0.2) is 0 Å². The van der Waals surface area contributed by atoms with E-state index in [-0.39, 0.29) is 5.91 Å². The van der Waals surface area contributed by atoms with E-state index in [9.17, 15) is 4.79 Å². The first-order valence-corrected chi connectivity index (χ1v) is 7.97. The van der Waals surface area contributed by atoms with Crippen molar-refractivity contribution in [2.45, 2.75) is 26.3 Å². The molecule has 0 fully saturated rings. The lowest BCUT2D eigenvalue weighted by Crippen LogP contribution is -2.14. The highest BCUT2D eigenvalue weighted by molar-refractivity contribution is 5.95. The van der Waals surface area contributed by atoms with Crippen LogP contribution in [0.4, 0.5) is 5.69 Å². The van der Waals surface area contributed by atoms with E-state index in [0.717, 1.165) is 16.5 Å². The normalized spacial score (nSPS) is 11.0. The van der Waals surface area contributed by atoms with Gasteiger partial charge in [-0.1, -0.05) is 18.2 Å². The molecule has 3 rings (SSSR count). The van der Waals surface area contributed by atoms with Gasteiger partial charge in [-0.15, -0.1) is 0 Å². The average molecular weight is 323 g/mol. The molecule has 0 saturated carbocycles. The summed E-state index contributed by atoms with van der Waals surface area (Å²) in [5, 5.41) is 4.00. The van der Waals surface area contributed by atoms with Gasteiger partial charge in [0.25, 0.3) is 0 Å². The van der Waals surface area contributed by atoms with Crippen molar-refractivity contribution < 1.29 is 9.53 Å². The van der Waals surface area contributed by atoms with Gasteiger partial charge in [-0.2, -0.15) is 0 Å². The molecule has 1 N–H and O–H groups in total. The number of rotatable bonds is 5. The number of hydrogen-bond donors (Lipinski definition) is 1. The second-order valence-corrected chi connectivity index (χ2v) is 5.99. The topological polar surface area (TPSA) is 56.1 Å². The van der Waals surface area contributed by atoms with E-state index in [4.69, 9.17) is 4.74 Å². The fraction of sp³-hybridized carbons (Fsp3) is 0.263. The van der Waals surface area contributed by atoms with Gasteiger partial charge in [0.05, 0.1) is 25.4 Å². The number of nitrogens with one attached hydrogen (secondary N) is 1. The number of fused-ring (bicyclic) bond motifs is 1. The Morgan fingerprint density at radius 2 is 2.04 bits per heavy atom. The number of ether oxygens (including phenoxy) is 1. The largest absolute Gasteiger partial charge is 0.481 e. The second-order valence-electron chi connectivity index (χ2n) is 5.99. The number of methoxy groups -OCH3 is 1. The standard InChI is InChI=1S/C19H21N3O2/c1-13(2)22-12-14(16-6-4-5-7-17(16)22)10-18(23)21-15-8-9-19(24-3)20-11-15/h4-9,11-13H,10H2,1-3H3,(H,21,23). The van der Waals surface area contributed by atoms with E-state index in [2.05, 4.69) is 47.0 Å². The molecule has 0 atom stereocenters. The minimum absolute atomic E-state index is 0.0615. The molecule has 0 aliphatic heterocycles. The van der Waals surface area contributed by atoms with Crippen LogP contribution in [0.25, 0.3) is 10.9 Å². The lowest BCUT2D eigenvalue weighted by atomic mass is 10.1. The molecule has 0 aliphatic rings. The van der Waals surface area contributed by atoms with E-state index in [0.29, 0.717) is 24.0 Å². The minimum Gasteiger partial charge on any atom is -0.481 e.